The molecule has 0 aromatic carbocycles. The van der Waals surface area contributed by atoms with Crippen LogP contribution in [0.15, 0.2) is 22.6 Å². The maximum atomic E-state index is 12.1. The zero-order valence-corrected chi connectivity index (χ0v) is 12.7. The molecule has 0 spiro atoms. The van der Waals surface area contributed by atoms with Crippen molar-refractivity contribution in [2.45, 2.75) is 45.1 Å². The van der Waals surface area contributed by atoms with Gasteiger partial charge >= 0.3 is 0 Å². The molecule has 1 heterocycles. The lowest BCUT2D eigenvalue weighted by Crippen LogP contribution is -2.41. The summed E-state index contributed by atoms with van der Waals surface area (Å²) < 4.78 is 5.31. The fourth-order valence-electron chi connectivity index (χ4n) is 2.59. The third kappa shape index (κ3) is 4.32. The first-order valence-corrected chi connectivity index (χ1v) is 7.58. The Morgan fingerprint density at radius 3 is 2.68 bits per heavy atom. The number of ketones is 1. The molecule has 2 rings (SSSR count). The van der Waals surface area contributed by atoms with Crippen molar-refractivity contribution in [3.63, 3.8) is 0 Å². The van der Waals surface area contributed by atoms with Crippen LogP contribution in [0, 0.1) is 24.2 Å². The van der Waals surface area contributed by atoms with Gasteiger partial charge in [-0.1, -0.05) is 19.3 Å². The number of rotatable bonds is 5. The van der Waals surface area contributed by atoms with E-state index >= 15 is 0 Å². The average Bonchev–Trinajstić information content (AvgIpc) is 2.92. The van der Waals surface area contributed by atoms with Crippen LogP contribution in [0.3, 0.4) is 0 Å². The first-order chi connectivity index (χ1) is 10.6. The summed E-state index contributed by atoms with van der Waals surface area (Å²) in [7, 11) is 0. The number of furan rings is 1. The molecule has 1 aliphatic rings. The first-order valence-electron chi connectivity index (χ1n) is 7.58. The molecule has 1 N–H and O–H groups in total. The van der Waals surface area contributed by atoms with Crippen molar-refractivity contribution in [3.05, 3.63) is 29.7 Å². The van der Waals surface area contributed by atoms with Crippen molar-refractivity contribution in [1.29, 1.82) is 5.26 Å². The van der Waals surface area contributed by atoms with E-state index in [1.54, 1.807) is 25.1 Å². The van der Waals surface area contributed by atoms with E-state index in [4.69, 9.17) is 9.68 Å². The lowest BCUT2D eigenvalue weighted by Gasteiger charge is -2.23. The minimum Gasteiger partial charge on any atom is -0.462 e. The van der Waals surface area contributed by atoms with E-state index < -0.39 is 17.6 Å². The molecule has 116 valence electrons. The lowest BCUT2D eigenvalue weighted by molar-refractivity contribution is -0.130. The highest BCUT2D eigenvalue weighted by Crippen LogP contribution is 2.18. The Balaban J connectivity index is 1.94. The highest BCUT2D eigenvalue weighted by atomic mass is 16.3. The quantitative estimate of drug-likeness (QED) is 0.669. The number of amides is 1. The maximum absolute atomic E-state index is 12.1. The summed E-state index contributed by atoms with van der Waals surface area (Å²) >= 11 is 0. The molecule has 1 amide bonds. The second-order valence-corrected chi connectivity index (χ2v) is 5.59. The number of nitriles is 1. The highest BCUT2D eigenvalue weighted by Gasteiger charge is 2.27. The second-order valence-electron chi connectivity index (χ2n) is 5.59. The monoisotopic (exact) mass is 300 g/mol. The minimum atomic E-state index is -1.30. The van der Waals surface area contributed by atoms with Crippen LogP contribution in [0.2, 0.25) is 0 Å². The van der Waals surface area contributed by atoms with Gasteiger partial charge in [0.15, 0.2) is 11.7 Å². The molecule has 5 heteroatoms. The topological polar surface area (TPSA) is 83.1 Å². The van der Waals surface area contributed by atoms with E-state index in [0.717, 1.165) is 31.4 Å². The van der Waals surface area contributed by atoms with Crippen LogP contribution < -0.4 is 5.32 Å². The zero-order chi connectivity index (χ0) is 15.9. The molecule has 5 nitrogen and oxygen atoms in total. The molecular formula is C17H20N2O3. The molecule has 0 bridgehead atoms. The van der Waals surface area contributed by atoms with Gasteiger partial charge in [-0.05, 0) is 44.1 Å². The molecule has 0 aliphatic heterocycles. The number of carbonyl (C=O) groups is 2. The summed E-state index contributed by atoms with van der Waals surface area (Å²) in [4.78, 5) is 24.1. The van der Waals surface area contributed by atoms with Crippen LogP contribution in [0.5, 0.6) is 0 Å². The molecule has 0 unspecified atom stereocenters. The fourth-order valence-corrected chi connectivity index (χ4v) is 2.59. The van der Waals surface area contributed by atoms with Crippen LogP contribution in [-0.4, -0.2) is 17.7 Å². The molecule has 22 heavy (non-hydrogen) atoms. The second kappa shape index (κ2) is 7.60. The summed E-state index contributed by atoms with van der Waals surface area (Å²) in [6.07, 6.45) is 7.87. The summed E-state index contributed by atoms with van der Waals surface area (Å²) in [5.41, 5.74) is 0. The molecule has 0 radical (unpaired) electrons. The van der Waals surface area contributed by atoms with Gasteiger partial charge in [-0.25, -0.2) is 0 Å². The van der Waals surface area contributed by atoms with Gasteiger partial charge in [0.25, 0.3) is 0 Å². The van der Waals surface area contributed by atoms with E-state index in [1.807, 2.05) is 0 Å². The summed E-state index contributed by atoms with van der Waals surface area (Å²) in [5, 5.41) is 11.9. The van der Waals surface area contributed by atoms with Crippen LogP contribution in [0.25, 0.3) is 6.08 Å². The molecule has 1 aromatic heterocycles. The van der Waals surface area contributed by atoms with E-state index in [0.29, 0.717) is 5.76 Å². The minimum absolute atomic E-state index is 0.0848. The molecule has 0 saturated heterocycles. The Morgan fingerprint density at radius 2 is 2.09 bits per heavy atom. The third-order valence-electron chi connectivity index (χ3n) is 3.80. The molecule has 1 atom stereocenters. The van der Waals surface area contributed by atoms with Crippen molar-refractivity contribution >= 4 is 17.8 Å². The van der Waals surface area contributed by atoms with Gasteiger partial charge in [-0.3, -0.25) is 9.59 Å². The summed E-state index contributed by atoms with van der Waals surface area (Å²) in [5.74, 6) is -1.06. The number of carbonyl (C=O) groups excluding carboxylic acids is 2. The Labute approximate surface area is 130 Å². The number of hydrogen-bond donors (Lipinski definition) is 1. The van der Waals surface area contributed by atoms with Gasteiger partial charge in [0.2, 0.25) is 5.91 Å². The van der Waals surface area contributed by atoms with Gasteiger partial charge in [-0.2, -0.15) is 5.26 Å². The van der Waals surface area contributed by atoms with Crippen LogP contribution in [-0.2, 0) is 9.59 Å². The summed E-state index contributed by atoms with van der Waals surface area (Å²) in [6.45, 7) is 1.80. The maximum Gasteiger partial charge on any atom is 0.245 e. The van der Waals surface area contributed by atoms with Crippen LogP contribution in [0.4, 0.5) is 0 Å². The Morgan fingerprint density at radius 1 is 1.36 bits per heavy atom. The molecule has 1 aliphatic carbocycles. The van der Waals surface area contributed by atoms with Gasteiger partial charge in [0, 0.05) is 6.04 Å². The number of nitrogens with one attached hydrogen (secondary N) is 1. The van der Waals surface area contributed by atoms with E-state index in [9.17, 15) is 9.59 Å². The standard InChI is InChI=1S/C17H20N2O3/c1-12-7-8-14(22-12)9-10-16(20)15(11-18)17(21)19-13-5-3-2-4-6-13/h7-10,13,15H,2-6H2,1H3,(H,19,21)/b10-9-/t15-/m1/s1. The number of aryl methyl sites for hydroxylation is 1. The van der Waals surface area contributed by atoms with Crippen LogP contribution >= 0.6 is 0 Å². The molecule has 1 saturated carbocycles. The van der Waals surface area contributed by atoms with Gasteiger partial charge in [0.1, 0.15) is 11.5 Å². The van der Waals surface area contributed by atoms with Crippen molar-refractivity contribution in [3.8, 4) is 6.07 Å². The average molecular weight is 300 g/mol. The smallest absolute Gasteiger partial charge is 0.245 e. The van der Waals surface area contributed by atoms with Crippen LogP contribution in [0.1, 0.15) is 43.6 Å². The highest BCUT2D eigenvalue weighted by molar-refractivity contribution is 6.10. The van der Waals surface area contributed by atoms with Crippen molar-refractivity contribution < 1.29 is 14.0 Å². The SMILES string of the molecule is Cc1ccc(/C=C\C(=O)[C@@H](C#N)C(=O)NC2CCCCC2)o1. The number of hydrogen-bond acceptors (Lipinski definition) is 4. The van der Waals surface area contributed by atoms with E-state index in [-0.39, 0.29) is 6.04 Å². The summed E-state index contributed by atoms with van der Waals surface area (Å²) in [6, 6.07) is 5.38. The van der Waals surface area contributed by atoms with E-state index in [2.05, 4.69) is 5.32 Å². The van der Waals surface area contributed by atoms with Crippen molar-refractivity contribution in [2.75, 3.05) is 0 Å². The third-order valence-corrected chi connectivity index (χ3v) is 3.80. The Hall–Kier alpha value is -2.35. The molecule has 1 aromatic rings. The van der Waals surface area contributed by atoms with Crippen molar-refractivity contribution in [2.24, 2.45) is 5.92 Å². The van der Waals surface area contributed by atoms with E-state index in [1.165, 1.54) is 18.6 Å². The Bertz CT molecular complexity index is 604. The largest absolute Gasteiger partial charge is 0.462 e. The number of nitrogens with zero attached hydrogens (tertiary/aromatic N) is 1. The van der Waals surface area contributed by atoms with Crippen molar-refractivity contribution in [1.82, 2.24) is 5.32 Å². The molecule has 1 fully saturated rings. The van der Waals surface area contributed by atoms with Gasteiger partial charge < -0.3 is 9.73 Å². The fraction of sp³-hybridized carbons (Fsp3) is 0.471. The normalized spacial score (nSPS) is 17.1. The first kappa shape index (κ1) is 16.0. The lowest BCUT2D eigenvalue weighted by atomic mass is 9.94. The zero-order valence-electron chi connectivity index (χ0n) is 12.7. The van der Waals surface area contributed by atoms with Gasteiger partial charge in [0.05, 0.1) is 6.07 Å². The predicted molar refractivity (Wildman–Crippen MR) is 81.6 cm³/mol. The Kier molecular flexibility index (Phi) is 5.54. The van der Waals surface area contributed by atoms with Gasteiger partial charge in [-0.15, -0.1) is 0 Å². The molecular weight excluding hydrogens is 280 g/mol. The predicted octanol–water partition coefficient (Wildman–Crippen LogP) is 2.76. The number of allylic oxidation sites excluding steroid dienone is 1.